The lowest BCUT2D eigenvalue weighted by Gasteiger charge is -2.19. The molecule has 1 N–H and O–H groups in total. The number of carbonyl (C=O) groups is 1. The van der Waals surface area contributed by atoms with Crippen molar-refractivity contribution in [2.45, 2.75) is 59.5 Å². The van der Waals surface area contributed by atoms with E-state index in [2.05, 4.69) is 18.3 Å². The molecule has 0 fully saturated rings. The van der Waals surface area contributed by atoms with Gasteiger partial charge in [0.2, 0.25) is 0 Å². The molecule has 4 nitrogen and oxygen atoms in total. The van der Waals surface area contributed by atoms with E-state index in [9.17, 15) is 4.79 Å². The summed E-state index contributed by atoms with van der Waals surface area (Å²) in [6.07, 6.45) is 2.88. The second-order valence-corrected chi connectivity index (χ2v) is 7.06. The number of benzene rings is 2. The Hall–Kier alpha value is -2.49. The molecular weight excluding hydrogens is 350 g/mol. The molecule has 0 saturated carbocycles. The Bertz CT molecular complexity index is 757. The first-order valence-electron chi connectivity index (χ1n) is 10.3. The van der Waals surface area contributed by atoms with Gasteiger partial charge in [-0.1, -0.05) is 44.2 Å². The molecule has 0 bridgehead atoms. The standard InChI is InChI=1S/C24H33NO3/c1-5-17-27-23-14-8-7-12-20(23)13-10-16-25-24(26)21(6-2)28-22-15-9-11-18(3)19(22)4/h7-9,11-12,14-15,21H,5-6,10,13,16-17H2,1-4H3,(H,25,26). The lowest BCUT2D eigenvalue weighted by molar-refractivity contribution is -0.128. The monoisotopic (exact) mass is 383 g/mol. The van der Waals surface area contributed by atoms with Gasteiger partial charge in [0, 0.05) is 6.54 Å². The van der Waals surface area contributed by atoms with Crippen molar-refractivity contribution in [1.82, 2.24) is 5.32 Å². The van der Waals surface area contributed by atoms with Crippen LogP contribution in [-0.4, -0.2) is 25.2 Å². The molecule has 4 heteroatoms. The largest absolute Gasteiger partial charge is 0.493 e. The van der Waals surface area contributed by atoms with Gasteiger partial charge >= 0.3 is 0 Å². The molecule has 1 atom stereocenters. The predicted octanol–water partition coefficient (Wildman–Crippen LogP) is 5.00. The van der Waals surface area contributed by atoms with Crippen molar-refractivity contribution in [2.24, 2.45) is 0 Å². The Kier molecular flexibility index (Phi) is 8.86. The smallest absolute Gasteiger partial charge is 0.261 e. The van der Waals surface area contributed by atoms with Gasteiger partial charge in [-0.05, 0) is 68.4 Å². The molecule has 0 saturated heterocycles. The number of rotatable bonds is 11. The lowest BCUT2D eigenvalue weighted by Crippen LogP contribution is -2.38. The number of para-hydroxylation sites is 1. The molecule has 0 aliphatic heterocycles. The Labute approximate surface area is 169 Å². The van der Waals surface area contributed by atoms with E-state index < -0.39 is 6.10 Å². The van der Waals surface area contributed by atoms with Crippen LogP contribution in [0.2, 0.25) is 0 Å². The number of hydrogen-bond donors (Lipinski definition) is 1. The molecule has 1 unspecified atom stereocenters. The third kappa shape index (κ3) is 6.29. The maximum atomic E-state index is 12.5. The molecule has 2 rings (SSSR count). The molecule has 0 spiro atoms. The van der Waals surface area contributed by atoms with Gasteiger partial charge in [0.05, 0.1) is 6.61 Å². The molecule has 152 valence electrons. The van der Waals surface area contributed by atoms with E-state index in [0.717, 1.165) is 48.5 Å². The number of aryl methyl sites for hydroxylation is 2. The highest BCUT2D eigenvalue weighted by Crippen LogP contribution is 2.23. The van der Waals surface area contributed by atoms with Crippen LogP contribution in [0.1, 0.15) is 49.8 Å². The minimum atomic E-state index is -0.472. The van der Waals surface area contributed by atoms with Crippen molar-refractivity contribution in [3.63, 3.8) is 0 Å². The van der Waals surface area contributed by atoms with Crippen molar-refractivity contribution < 1.29 is 14.3 Å². The van der Waals surface area contributed by atoms with Crippen LogP contribution in [0.4, 0.5) is 0 Å². The highest BCUT2D eigenvalue weighted by Gasteiger charge is 2.19. The molecule has 2 aromatic rings. The minimum absolute atomic E-state index is 0.0566. The van der Waals surface area contributed by atoms with Crippen molar-refractivity contribution in [2.75, 3.05) is 13.2 Å². The quantitative estimate of drug-likeness (QED) is 0.556. The zero-order valence-corrected chi connectivity index (χ0v) is 17.6. The SMILES string of the molecule is CCCOc1ccccc1CCCNC(=O)C(CC)Oc1cccc(C)c1C. The third-order valence-electron chi connectivity index (χ3n) is 4.84. The van der Waals surface area contributed by atoms with E-state index in [0.29, 0.717) is 13.0 Å². The topological polar surface area (TPSA) is 47.6 Å². The Balaban J connectivity index is 1.83. The summed E-state index contributed by atoms with van der Waals surface area (Å²) in [6.45, 7) is 9.48. The number of carbonyl (C=O) groups excluding carboxylic acids is 1. The maximum Gasteiger partial charge on any atom is 0.261 e. The van der Waals surface area contributed by atoms with E-state index in [-0.39, 0.29) is 5.91 Å². The summed E-state index contributed by atoms with van der Waals surface area (Å²) in [4.78, 5) is 12.5. The van der Waals surface area contributed by atoms with Crippen LogP contribution in [0.3, 0.4) is 0 Å². The van der Waals surface area contributed by atoms with Crippen LogP contribution in [-0.2, 0) is 11.2 Å². The normalized spacial score (nSPS) is 11.7. The van der Waals surface area contributed by atoms with Gasteiger partial charge < -0.3 is 14.8 Å². The first-order valence-corrected chi connectivity index (χ1v) is 10.3. The summed E-state index contributed by atoms with van der Waals surface area (Å²) in [5, 5.41) is 3.02. The van der Waals surface area contributed by atoms with Gasteiger partial charge in [-0.3, -0.25) is 4.79 Å². The molecule has 0 heterocycles. The van der Waals surface area contributed by atoms with Gasteiger partial charge in [0.1, 0.15) is 11.5 Å². The molecule has 1 amide bonds. The van der Waals surface area contributed by atoms with E-state index >= 15 is 0 Å². The van der Waals surface area contributed by atoms with E-state index in [1.807, 2.05) is 57.2 Å². The Morgan fingerprint density at radius 1 is 1.04 bits per heavy atom. The Morgan fingerprint density at radius 3 is 2.54 bits per heavy atom. The number of nitrogens with one attached hydrogen (secondary N) is 1. The van der Waals surface area contributed by atoms with E-state index in [4.69, 9.17) is 9.47 Å². The summed E-state index contributed by atoms with van der Waals surface area (Å²) < 4.78 is 11.8. The third-order valence-corrected chi connectivity index (χ3v) is 4.84. The van der Waals surface area contributed by atoms with Gasteiger partial charge in [-0.15, -0.1) is 0 Å². The van der Waals surface area contributed by atoms with E-state index in [1.54, 1.807) is 0 Å². The highest BCUT2D eigenvalue weighted by atomic mass is 16.5. The minimum Gasteiger partial charge on any atom is -0.493 e. The molecule has 2 aromatic carbocycles. The number of ether oxygens (including phenoxy) is 2. The summed E-state index contributed by atoms with van der Waals surface area (Å²) in [5.74, 6) is 1.67. The summed E-state index contributed by atoms with van der Waals surface area (Å²) in [5.41, 5.74) is 3.43. The van der Waals surface area contributed by atoms with Crippen molar-refractivity contribution in [1.29, 1.82) is 0 Å². The van der Waals surface area contributed by atoms with E-state index in [1.165, 1.54) is 5.56 Å². The lowest BCUT2D eigenvalue weighted by atomic mass is 10.1. The van der Waals surface area contributed by atoms with Crippen molar-refractivity contribution >= 4 is 5.91 Å². The van der Waals surface area contributed by atoms with Crippen LogP contribution >= 0.6 is 0 Å². The molecule has 0 aromatic heterocycles. The van der Waals surface area contributed by atoms with Crippen LogP contribution in [0.25, 0.3) is 0 Å². The van der Waals surface area contributed by atoms with Crippen LogP contribution < -0.4 is 14.8 Å². The molecular formula is C24H33NO3. The van der Waals surface area contributed by atoms with Gasteiger partial charge in [-0.2, -0.15) is 0 Å². The molecule has 0 aliphatic rings. The molecule has 28 heavy (non-hydrogen) atoms. The second kappa shape index (κ2) is 11.4. The van der Waals surface area contributed by atoms with Crippen molar-refractivity contribution in [3.05, 3.63) is 59.2 Å². The fourth-order valence-electron chi connectivity index (χ4n) is 2.99. The van der Waals surface area contributed by atoms with Crippen LogP contribution in [0.15, 0.2) is 42.5 Å². The summed E-state index contributed by atoms with van der Waals surface area (Å²) >= 11 is 0. The number of hydrogen-bond acceptors (Lipinski definition) is 3. The fourth-order valence-corrected chi connectivity index (χ4v) is 2.99. The summed E-state index contributed by atoms with van der Waals surface area (Å²) in [7, 11) is 0. The first kappa shape index (κ1) is 21.8. The Morgan fingerprint density at radius 2 is 1.79 bits per heavy atom. The first-order chi connectivity index (χ1) is 13.6. The average Bonchev–Trinajstić information content (AvgIpc) is 2.71. The highest BCUT2D eigenvalue weighted by molar-refractivity contribution is 5.81. The van der Waals surface area contributed by atoms with Crippen LogP contribution in [0, 0.1) is 13.8 Å². The molecule has 0 radical (unpaired) electrons. The van der Waals surface area contributed by atoms with Crippen molar-refractivity contribution in [3.8, 4) is 11.5 Å². The van der Waals surface area contributed by atoms with Gasteiger partial charge in [0.15, 0.2) is 6.10 Å². The number of amides is 1. The van der Waals surface area contributed by atoms with Gasteiger partial charge in [0.25, 0.3) is 5.91 Å². The maximum absolute atomic E-state index is 12.5. The second-order valence-electron chi connectivity index (χ2n) is 7.06. The van der Waals surface area contributed by atoms with Crippen LogP contribution in [0.5, 0.6) is 11.5 Å². The molecule has 0 aliphatic carbocycles. The predicted molar refractivity (Wildman–Crippen MR) is 114 cm³/mol. The zero-order chi connectivity index (χ0) is 20.4. The zero-order valence-electron chi connectivity index (χ0n) is 17.6. The summed E-state index contributed by atoms with van der Waals surface area (Å²) in [6, 6.07) is 14.0. The van der Waals surface area contributed by atoms with Gasteiger partial charge in [-0.25, -0.2) is 0 Å². The fraction of sp³-hybridized carbons (Fsp3) is 0.458. The average molecular weight is 384 g/mol.